The first-order valence-electron chi connectivity index (χ1n) is 12.4. The van der Waals surface area contributed by atoms with Crippen molar-refractivity contribution in [1.29, 1.82) is 0 Å². The predicted octanol–water partition coefficient (Wildman–Crippen LogP) is 6.45. The van der Waals surface area contributed by atoms with Gasteiger partial charge in [-0.2, -0.15) is 4.98 Å². The number of aryl methyl sites for hydroxylation is 2. The number of rotatable bonds is 7. The van der Waals surface area contributed by atoms with Gasteiger partial charge in [0.2, 0.25) is 5.82 Å². The summed E-state index contributed by atoms with van der Waals surface area (Å²) in [6, 6.07) is 23.3. The van der Waals surface area contributed by atoms with E-state index in [9.17, 15) is 4.79 Å². The average Bonchev–Trinajstić information content (AvgIpc) is 3.37. The van der Waals surface area contributed by atoms with E-state index in [4.69, 9.17) is 14.2 Å². The van der Waals surface area contributed by atoms with Crippen molar-refractivity contribution in [2.24, 2.45) is 0 Å². The second-order valence-electron chi connectivity index (χ2n) is 9.25. The molecule has 0 spiro atoms. The van der Waals surface area contributed by atoms with Gasteiger partial charge >= 0.3 is 6.03 Å². The summed E-state index contributed by atoms with van der Waals surface area (Å²) in [6.07, 6.45) is 0. The molecule has 1 aromatic heterocycles. The van der Waals surface area contributed by atoms with Crippen LogP contribution < -0.4 is 10.1 Å². The van der Waals surface area contributed by atoms with Gasteiger partial charge in [-0.05, 0) is 51.0 Å². The van der Waals surface area contributed by atoms with Gasteiger partial charge in [0.25, 0.3) is 5.89 Å². The summed E-state index contributed by atoms with van der Waals surface area (Å²) in [5.74, 6) is 1.66. The normalized spacial score (nSPS) is 15.6. The van der Waals surface area contributed by atoms with E-state index in [0.717, 1.165) is 44.8 Å². The maximum Gasteiger partial charge on any atom is 0.322 e. The number of nitrogens with zero attached hydrogens (tertiary/aromatic N) is 3. The fraction of sp³-hybridized carbons (Fsp3) is 0.233. The van der Waals surface area contributed by atoms with E-state index in [1.165, 1.54) is 0 Å². The SMILES string of the molecule is CCOc1cccc(CN2C(=O)NC(c3ccc(C)cc3)C(c3nc(-c4ccc(C)cc4)no3)=C2C)c1. The fourth-order valence-electron chi connectivity index (χ4n) is 4.49. The number of amides is 2. The lowest BCUT2D eigenvalue weighted by Gasteiger charge is -2.35. The molecular formula is C30H30N4O3. The summed E-state index contributed by atoms with van der Waals surface area (Å²) < 4.78 is 11.5. The van der Waals surface area contributed by atoms with Gasteiger partial charge in [-0.15, -0.1) is 0 Å². The third-order valence-electron chi connectivity index (χ3n) is 6.52. The topological polar surface area (TPSA) is 80.5 Å². The lowest BCUT2D eigenvalue weighted by Crippen LogP contribution is -2.45. The number of hydrogen-bond acceptors (Lipinski definition) is 5. The lowest BCUT2D eigenvalue weighted by atomic mass is 9.94. The summed E-state index contributed by atoms with van der Waals surface area (Å²) >= 11 is 0. The minimum Gasteiger partial charge on any atom is -0.494 e. The summed E-state index contributed by atoms with van der Waals surface area (Å²) in [6.45, 7) is 8.91. The Morgan fingerprint density at radius 2 is 1.68 bits per heavy atom. The van der Waals surface area contributed by atoms with Crippen LogP contribution in [0.5, 0.6) is 5.75 Å². The number of carbonyl (C=O) groups excluding carboxylic acids is 1. The van der Waals surface area contributed by atoms with Crippen LogP contribution in [0.1, 0.15) is 48.0 Å². The van der Waals surface area contributed by atoms with Crippen LogP contribution in [0.2, 0.25) is 0 Å². The van der Waals surface area contributed by atoms with Gasteiger partial charge in [0.15, 0.2) is 0 Å². The molecule has 1 aliphatic rings. The molecule has 7 nitrogen and oxygen atoms in total. The second kappa shape index (κ2) is 10.3. The van der Waals surface area contributed by atoms with Crippen molar-refractivity contribution in [3.63, 3.8) is 0 Å². The van der Waals surface area contributed by atoms with Crippen LogP contribution in [0.25, 0.3) is 17.0 Å². The van der Waals surface area contributed by atoms with E-state index < -0.39 is 6.04 Å². The van der Waals surface area contributed by atoms with E-state index >= 15 is 0 Å². The number of carbonyl (C=O) groups is 1. The first-order valence-corrected chi connectivity index (χ1v) is 12.4. The minimum atomic E-state index is -0.426. The zero-order chi connectivity index (χ0) is 25.9. The average molecular weight is 495 g/mol. The van der Waals surface area contributed by atoms with Crippen LogP contribution >= 0.6 is 0 Å². The van der Waals surface area contributed by atoms with E-state index in [1.54, 1.807) is 4.90 Å². The molecule has 7 heteroatoms. The summed E-state index contributed by atoms with van der Waals surface area (Å²) in [5.41, 5.74) is 6.61. The highest BCUT2D eigenvalue weighted by molar-refractivity contribution is 5.87. The lowest BCUT2D eigenvalue weighted by molar-refractivity contribution is 0.203. The van der Waals surface area contributed by atoms with Gasteiger partial charge in [0.05, 0.1) is 24.8 Å². The van der Waals surface area contributed by atoms with Crippen molar-refractivity contribution in [2.45, 2.75) is 40.3 Å². The van der Waals surface area contributed by atoms with Crippen LogP contribution in [-0.4, -0.2) is 27.7 Å². The zero-order valence-corrected chi connectivity index (χ0v) is 21.5. The van der Waals surface area contributed by atoms with Crippen molar-refractivity contribution in [3.8, 4) is 17.1 Å². The molecule has 0 radical (unpaired) electrons. The molecule has 1 unspecified atom stereocenters. The Bertz CT molecular complexity index is 1440. The van der Waals surface area contributed by atoms with Crippen molar-refractivity contribution < 1.29 is 14.1 Å². The van der Waals surface area contributed by atoms with Crippen molar-refractivity contribution in [2.75, 3.05) is 6.61 Å². The van der Waals surface area contributed by atoms with Gasteiger partial charge in [0, 0.05) is 11.3 Å². The van der Waals surface area contributed by atoms with Crippen LogP contribution in [0.4, 0.5) is 4.79 Å². The van der Waals surface area contributed by atoms with E-state index in [-0.39, 0.29) is 6.03 Å². The molecule has 37 heavy (non-hydrogen) atoms. The highest BCUT2D eigenvalue weighted by Gasteiger charge is 2.35. The fourth-order valence-corrected chi connectivity index (χ4v) is 4.49. The quantitative estimate of drug-likeness (QED) is 0.319. The predicted molar refractivity (Wildman–Crippen MR) is 143 cm³/mol. The molecule has 0 saturated heterocycles. The Kier molecular flexibility index (Phi) is 6.77. The standard InChI is InChI=1S/C30H30N4O3/c1-5-36-25-8-6-7-22(17-25)18-34-21(4)26(27(31-30(34)35)23-13-9-19(2)10-14-23)29-32-28(33-37-29)24-15-11-20(3)12-16-24/h6-17,27H,5,18H2,1-4H3,(H,31,35). The van der Waals surface area contributed by atoms with Crippen LogP contribution in [0.15, 0.2) is 83.0 Å². The van der Waals surface area contributed by atoms with Crippen LogP contribution in [-0.2, 0) is 6.54 Å². The molecule has 0 fully saturated rings. The van der Waals surface area contributed by atoms with Gasteiger partial charge in [0.1, 0.15) is 5.75 Å². The largest absolute Gasteiger partial charge is 0.494 e. The smallest absolute Gasteiger partial charge is 0.322 e. The molecule has 0 aliphatic carbocycles. The summed E-state index contributed by atoms with van der Waals surface area (Å²) in [5, 5.41) is 7.43. The Morgan fingerprint density at radius 1 is 0.973 bits per heavy atom. The maximum absolute atomic E-state index is 13.4. The van der Waals surface area contributed by atoms with Gasteiger partial charge < -0.3 is 14.6 Å². The highest BCUT2D eigenvalue weighted by Crippen LogP contribution is 2.38. The number of nitrogens with one attached hydrogen (secondary N) is 1. The second-order valence-corrected chi connectivity index (χ2v) is 9.25. The molecular weight excluding hydrogens is 464 g/mol. The molecule has 1 N–H and O–H groups in total. The Morgan fingerprint density at radius 3 is 2.38 bits per heavy atom. The third kappa shape index (κ3) is 5.11. The molecule has 3 aromatic carbocycles. The minimum absolute atomic E-state index is 0.188. The number of allylic oxidation sites excluding steroid dienone is 1. The molecule has 188 valence electrons. The van der Waals surface area contributed by atoms with Crippen LogP contribution in [0, 0.1) is 13.8 Å². The molecule has 1 atom stereocenters. The third-order valence-corrected chi connectivity index (χ3v) is 6.52. The molecule has 5 rings (SSSR count). The molecule has 4 aromatic rings. The van der Waals surface area contributed by atoms with Crippen molar-refractivity contribution >= 4 is 11.6 Å². The van der Waals surface area contributed by atoms with Gasteiger partial charge in [-0.25, -0.2) is 4.79 Å². The summed E-state index contributed by atoms with van der Waals surface area (Å²) in [4.78, 5) is 19.8. The molecule has 2 amide bonds. The monoisotopic (exact) mass is 494 g/mol. The molecule has 1 aliphatic heterocycles. The zero-order valence-electron chi connectivity index (χ0n) is 21.5. The Balaban J connectivity index is 1.56. The van der Waals surface area contributed by atoms with E-state index in [0.29, 0.717) is 24.9 Å². The number of ether oxygens (including phenoxy) is 1. The van der Waals surface area contributed by atoms with Gasteiger partial charge in [-0.1, -0.05) is 76.9 Å². The van der Waals surface area contributed by atoms with Gasteiger partial charge in [-0.3, -0.25) is 4.90 Å². The number of aromatic nitrogens is 2. The molecule has 2 heterocycles. The summed E-state index contributed by atoms with van der Waals surface area (Å²) in [7, 11) is 0. The Labute approximate surface area is 216 Å². The maximum atomic E-state index is 13.4. The van der Waals surface area contributed by atoms with Crippen molar-refractivity contribution in [1.82, 2.24) is 20.4 Å². The van der Waals surface area contributed by atoms with Crippen molar-refractivity contribution in [3.05, 3.63) is 107 Å². The molecule has 0 saturated carbocycles. The Hall–Kier alpha value is -4.39. The molecule has 0 bridgehead atoms. The first kappa shape index (κ1) is 24.3. The van der Waals surface area contributed by atoms with E-state index in [2.05, 4.69) is 10.5 Å². The number of urea groups is 1. The highest BCUT2D eigenvalue weighted by atomic mass is 16.5. The van der Waals surface area contributed by atoms with E-state index in [1.807, 2.05) is 100 Å². The first-order chi connectivity index (χ1) is 17.9. The van der Waals surface area contributed by atoms with Crippen LogP contribution in [0.3, 0.4) is 0 Å². The number of hydrogen-bond donors (Lipinski definition) is 1. The number of benzene rings is 3.